The van der Waals surface area contributed by atoms with Crippen molar-refractivity contribution in [3.63, 3.8) is 0 Å². The summed E-state index contributed by atoms with van der Waals surface area (Å²) in [4.78, 5) is 0. The van der Waals surface area contributed by atoms with Crippen molar-refractivity contribution in [3.05, 3.63) is 10.6 Å². The summed E-state index contributed by atoms with van der Waals surface area (Å²) in [5.74, 6) is 0. The van der Waals surface area contributed by atoms with Gasteiger partial charge in [-0.05, 0) is 37.2 Å². The summed E-state index contributed by atoms with van der Waals surface area (Å²) in [5, 5.41) is 3.33. The second kappa shape index (κ2) is 2.93. The van der Waals surface area contributed by atoms with E-state index in [4.69, 9.17) is 0 Å². The molecular weight excluding hydrogens is 182 g/mol. The Labute approximate surface area is 79.2 Å². The van der Waals surface area contributed by atoms with Crippen LogP contribution in [-0.4, -0.2) is 0 Å². The van der Waals surface area contributed by atoms with E-state index in [9.17, 15) is 0 Å². The largest absolute Gasteiger partial charge is 0.0557 e. The maximum absolute atomic E-state index is 2.32. The quantitative estimate of drug-likeness (QED) is 0.476. The van der Waals surface area contributed by atoms with E-state index in [0.29, 0.717) is 10.8 Å². The van der Waals surface area contributed by atoms with E-state index in [0.717, 1.165) is 0 Å². The summed E-state index contributed by atoms with van der Waals surface area (Å²) in [6, 6.07) is 0. The molecule has 0 aromatic carbocycles. The molecule has 0 N–H and O–H groups in total. The molecule has 0 spiro atoms. The van der Waals surface area contributed by atoms with Crippen molar-refractivity contribution in [2.45, 2.75) is 41.5 Å². The molecule has 0 fully saturated rings. The van der Waals surface area contributed by atoms with Gasteiger partial charge in [0.05, 0.1) is 0 Å². The normalized spacial score (nSPS) is 20.8. The first-order valence-electron chi connectivity index (χ1n) is 4.40. The average molecular weight is 200 g/mol. The average Bonchev–Trinajstić information content (AvgIpc) is 1.46. The SMILES string of the molecule is CC(C)(C)C1=C(C(C)(C)C)P=P1. The maximum atomic E-state index is 2.32. The van der Waals surface area contributed by atoms with Crippen LogP contribution in [0.1, 0.15) is 41.5 Å². The van der Waals surface area contributed by atoms with E-state index in [2.05, 4.69) is 41.5 Å². The van der Waals surface area contributed by atoms with Gasteiger partial charge in [0.1, 0.15) is 0 Å². The summed E-state index contributed by atoms with van der Waals surface area (Å²) >= 11 is 0. The molecule has 1 aliphatic heterocycles. The summed E-state index contributed by atoms with van der Waals surface area (Å²) in [7, 11) is 3.07. The third-order valence-corrected chi connectivity index (χ3v) is 5.86. The zero-order valence-corrected chi connectivity index (χ0v) is 10.7. The standard InChI is InChI=1S/C10H18P2/c1-9(2,3)7-8(12-11-7)10(4,5)6/h1-6H3. The summed E-state index contributed by atoms with van der Waals surface area (Å²) in [5.41, 5.74) is 0.769. The van der Waals surface area contributed by atoms with Crippen LogP contribution in [0.3, 0.4) is 0 Å². The Morgan fingerprint density at radius 2 is 0.917 bits per heavy atom. The highest BCUT2D eigenvalue weighted by molar-refractivity contribution is 7.91. The minimum atomic E-state index is 0.384. The third kappa shape index (κ3) is 1.98. The van der Waals surface area contributed by atoms with Crippen molar-refractivity contribution < 1.29 is 0 Å². The van der Waals surface area contributed by atoms with E-state index in [-0.39, 0.29) is 0 Å². The predicted molar refractivity (Wildman–Crippen MR) is 59.8 cm³/mol. The first kappa shape index (κ1) is 10.4. The van der Waals surface area contributed by atoms with E-state index in [1.807, 2.05) is 0 Å². The van der Waals surface area contributed by atoms with E-state index in [1.165, 1.54) is 15.7 Å². The first-order valence-corrected chi connectivity index (χ1v) is 6.89. The van der Waals surface area contributed by atoms with Crippen molar-refractivity contribution >= 4 is 15.7 Å². The van der Waals surface area contributed by atoms with E-state index in [1.54, 1.807) is 10.6 Å². The van der Waals surface area contributed by atoms with Crippen molar-refractivity contribution in [2.24, 2.45) is 10.8 Å². The third-order valence-electron chi connectivity index (χ3n) is 1.90. The second-order valence-electron chi connectivity index (χ2n) is 5.40. The van der Waals surface area contributed by atoms with Crippen molar-refractivity contribution in [2.75, 3.05) is 0 Å². The van der Waals surface area contributed by atoms with Gasteiger partial charge in [-0.15, -0.1) is 0 Å². The van der Waals surface area contributed by atoms with Crippen LogP contribution < -0.4 is 0 Å². The Kier molecular flexibility index (Phi) is 2.54. The Bertz CT molecular complexity index is 220. The Balaban J connectivity index is 2.95. The van der Waals surface area contributed by atoms with Crippen LogP contribution in [-0.2, 0) is 0 Å². The van der Waals surface area contributed by atoms with Gasteiger partial charge >= 0.3 is 0 Å². The Morgan fingerprint density at radius 3 is 1.00 bits per heavy atom. The molecule has 0 unspecified atom stereocenters. The highest BCUT2D eigenvalue weighted by Gasteiger charge is 2.30. The molecule has 0 aliphatic carbocycles. The van der Waals surface area contributed by atoms with Crippen LogP contribution in [0.25, 0.3) is 0 Å². The molecule has 0 aromatic rings. The molecule has 0 saturated heterocycles. The fourth-order valence-corrected chi connectivity index (χ4v) is 5.43. The summed E-state index contributed by atoms with van der Waals surface area (Å²) < 4.78 is 0. The van der Waals surface area contributed by atoms with Gasteiger partial charge in [0.2, 0.25) is 0 Å². The fraction of sp³-hybridized carbons (Fsp3) is 0.800. The van der Waals surface area contributed by atoms with Gasteiger partial charge < -0.3 is 0 Å². The lowest BCUT2D eigenvalue weighted by molar-refractivity contribution is 0.484. The molecule has 0 amide bonds. The van der Waals surface area contributed by atoms with E-state index >= 15 is 0 Å². The topological polar surface area (TPSA) is 0 Å². The number of hydrogen-bond acceptors (Lipinski definition) is 0. The van der Waals surface area contributed by atoms with Crippen LogP contribution >= 0.6 is 15.7 Å². The first-order chi connectivity index (χ1) is 5.23. The molecule has 0 bridgehead atoms. The zero-order valence-electron chi connectivity index (χ0n) is 8.89. The highest BCUT2D eigenvalue weighted by Crippen LogP contribution is 2.59. The Hall–Kier alpha value is 0.340. The summed E-state index contributed by atoms with van der Waals surface area (Å²) in [6.45, 7) is 13.9. The maximum Gasteiger partial charge on any atom is -0.00208 e. The molecule has 2 heteroatoms. The second-order valence-corrected chi connectivity index (χ2v) is 7.89. The lowest BCUT2D eigenvalue weighted by Gasteiger charge is -2.33. The van der Waals surface area contributed by atoms with Gasteiger partial charge in [0, 0.05) is 0 Å². The lowest BCUT2D eigenvalue weighted by atomic mass is 9.88. The highest BCUT2D eigenvalue weighted by atomic mass is 31.7. The van der Waals surface area contributed by atoms with Crippen molar-refractivity contribution in [3.8, 4) is 0 Å². The van der Waals surface area contributed by atoms with Crippen LogP contribution in [0.2, 0.25) is 0 Å². The van der Waals surface area contributed by atoms with Crippen molar-refractivity contribution in [1.82, 2.24) is 0 Å². The molecule has 1 rings (SSSR count). The predicted octanol–water partition coefficient (Wildman–Crippen LogP) is 5.11. The molecule has 1 aliphatic rings. The number of rotatable bonds is 0. The van der Waals surface area contributed by atoms with Crippen LogP contribution in [0.5, 0.6) is 0 Å². The minimum absolute atomic E-state index is 0.384. The van der Waals surface area contributed by atoms with Gasteiger partial charge in [0.25, 0.3) is 0 Å². The van der Waals surface area contributed by atoms with Gasteiger partial charge in [-0.25, -0.2) is 0 Å². The molecule has 0 nitrogen and oxygen atoms in total. The molecule has 0 atom stereocenters. The smallest absolute Gasteiger partial charge is 0.00208 e. The molecule has 0 aromatic heterocycles. The van der Waals surface area contributed by atoms with Crippen LogP contribution in [0.15, 0.2) is 10.6 Å². The molecule has 68 valence electrons. The fourth-order valence-electron chi connectivity index (χ4n) is 1.16. The number of allylic oxidation sites excluding steroid dienone is 2. The molecule has 0 saturated carbocycles. The minimum Gasteiger partial charge on any atom is -0.0557 e. The molecule has 12 heavy (non-hydrogen) atoms. The molecule has 0 radical (unpaired) electrons. The van der Waals surface area contributed by atoms with Gasteiger partial charge in [-0.1, -0.05) is 41.5 Å². The Morgan fingerprint density at radius 1 is 0.667 bits per heavy atom. The van der Waals surface area contributed by atoms with Crippen LogP contribution in [0, 0.1) is 10.8 Å². The summed E-state index contributed by atoms with van der Waals surface area (Å²) in [6.07, 6.45) is 0. The van der Waals surface area contributed by atoms with Crippen molar-refractivity contribution in [1.29, 1.82) is 0 Å². The zero-order chi connectivity index (χ0) is 9.57. The van der Waals surface area contributed by atoms with Crippen LogP contribution in [0.4, 0.5) is 0 Å². The lowest BCUT2D eigenvalue weighted by Crippen LogP contribution is -2.16. The van der Waals surface area contributed by atoms with Gasteiger partial charge in [-0.3, -0.25) is 0 Å². The van der Waals surface area contributed by atoms with E-state index < -0.39 is 0 Å². The van der Waals surface area contributed by atoms with Gasteiger partial charge in [-0.2, -0.15) is 0 Å². The van der Waals surface area contributed by atoms with Gasteiger partial charge in [0.15, 0.2) is 0 Å². The number of hydrogen-bond donors (Lipinski definition) is 0. The monoisotopic (exact) mass is 200 g/mol. The molecule has 1 heterocycles. The molecular formula is C10H18P2.